The lowest BCUT2D eigenvalue weighted by Crippen LogP contribution is -2.09. The highest BCUT2D eigenvalue weighted by Crippen LogP contribution is 2.24. The average molecular weight is 265 g/mol. The Balaban J connectivity index is 2.23. The van der Waals surface area contributed by atoms with Gasteiger partial charge in [0.15, 0.2) is 11.6 Å². The van der Waals surface area contributed by atoms with Crippen LogP contribution in [0.2, 0.25) is 0 Å². The van der Waals surface area contributed by atoms with Crippen LogP contribution >= 0.6 is 0 Å². The summed E-state index contributed by atoms with van der Waals surface area (Å²) in [6.45, 7) is 3.35. The molecular formula is C15H14F3N. The van der Waals surface area contributed by atoms with Crippen LogP contribution in [0.4, 0.5) is 18.9 Å². The predicted molar refractivity (Wildman–Crippen MR) is 69.5 cm³/mol. The first-order chi connectivity index (χ1) is 8.99. The van der Waals surface area contributed by atoms with Crippen LogP contribution in [0.3, 0.4) is 0 Å². The lowest BCUT2D eigenvalue weighted by Gasteiger charge is -2.17. The van der Waals surface area contributed by atoms with Crippen molar-refractivity contribution >= 4 is 5.69 Å². The Kier molecular flexibility index (Phi) is 3.79. The van der Waals surface area contributed by atoms with Gasteiger partial charge in [-0.25, -0.2) is 13.2 Å². The molecule has 1 atom stereocenters. The monoisotopic (exact) mass is 265 g/mol. The number of aryl methyl sites for hydroxylation is 1. The van der Waals surface area contributed by atoms with Crippen LogP contribution < -0.4 is 5.32 Å². The molecule has 0 bridgehead atoms. The van der Waals surface area contributed by atoms with Crippen molar-refractivity contribution in [1.82, 2.24) is 0 Å². The molecule has 19 heavy (non-hydrogen) atoms. The number of nitrogens with one attached hydrogen (secondary N) is 1. The highest BCUT2D eigenvalue weighted by atomic mass is 19.2. The summed E-state index contributed by atoms with van der Waals surface area (Å²) in [7, 11) is 0. The normalized spacial score (nSPS) is 12.3. The van der Waals surface area contributed by atoms with E-state index in [-0.39, 0.29) is 11.4 Å². The highest BCUT2D eigenvalue weighted by molar-refractivity contribution is 5.47. The summed E-state index contributed by atoms with van der Waals surface area (Å²) in [6.07, 6.45) is 0. The molecule has 1 N–H and O–H groups in total. The summed E-state index contributed by atoms with van der Waals surface area (Å²) in [4.78, 5) is 0. The topological polar surface area (TPSA) is 12.0 Å². The third-order valence-corrected chi connectivity index (χ3v) is 3.00. The number of anilines is 1. The number of rotatable bonds is 3. The summed E-state index contributed by atoms with van der Waals surface area (Å²) in [6, 6.07) is 8.22. The first-order valence-corrected chi connectivity index (χ1v) is 5.95. The Morgan fingerprint density at radius 3 is 2.42 bits per heavy atom. The fourth-order valence-electron chi connectivity index (χ4n) is 1.87. The zero-order valence-electron chi connectivity index (χ0n) is 10.7. The van der Waals surface area contributed by atoms with Gasteiger partial charge in [0.25, 0.3) is 0 Å². The molecule has 1 unspecified atom stereocenters. The van der Waals surface area contributed by atoms with Crippen molar-refractivity contribution < 1.29 is 13.2 Å². The Morgan fingerprint density at radius 2 is 1.74 bits per heavy atom. The number of hydrogen-bond acceptors (Lipinski definition) is 1. The Bertz CT molecular complexity index is 596. The molecule has 0 aliphatic heterocycles. The molecule has 0 saturated heterocycles. The highest BCUT2D eigenvalue weighted by Gasteiger charge is 2.14. The van der Waals surface area contributed by atoms with Crippen molar-refractivity contribution in [2.24, 2.45) is 0 Å². The van der Waals surface area contributed by atoms with Crippen LogP contribution in [-0.4, -0.2) is 0 Å². The molecule has 0 aliphatic rings. The Hall–Kier alpha value is -1.97. The van der Waals surface area contributed by atoms with Gasteiger partial charge in [-0.05, 0) is 37.6 Å². The standard InChI is InChI=1S/C15H14F3N/c1-9-6-7-11(8-14(9)17)19-10(2)12-4-3-5-13(16)15(12)18/h3-8,10,19H,1-2H3. The van der Waals surface area contributed by atoms with Crippen LogP contribution in [0.5, 0.6) is 0 Å². The molecule has 0 aromatic heterocycles. The van der Waals surface area contributed by atoms with Crippen molar-refractivity contribution in [1.29, 1.82) is 0 Å². The zero-order valence-corrected chi connectivity index (χ0v) is 10.7. The van der Waals surface area contributed by atoms with Gasteiger partial charge >= 0.3 is 0 Å². The molecule has 2 aromatic carbocycles. The van der Waals surface area contributed by atoms with Crippen LogP contribution in [0.25, 0.3) is 0 Å². The van der Waals surface area contributed by atoms with Gasteiger partial charge in [-0.15, -0.1) is 0 Å². The van der Waals surface area contributed by atoms with E-state index in [0.717, 1.165) is 6.07 Å². The minimum absolute atomic E-state index is 0.209. The van der Waals surface area contributed by atoms with E-state index in [4.69, 9.17) is 0 Å². The van der Waals surface area contributed by atoms with Crippen molar-refractivity contribution in [3.05, 3.63) is 65.0 Å². The van der Waals surface area contributed by atoms with Crippen LogP contribution in [0.1, 0.15) is 24.1 Å². The molecule has 1 nitrogen and oxygen atoms in total. The third-order valence-electron chi connectivity index (χ3n) is 3.00. The van der Waals surface area contributed by atoms with E-state index >= 15 is 0 Å². The van der Waals surface area contributed by atoms with Gasteiger partial charge in [0.1, 0.15) is 5.82 Å². The Labute approximate surface area is 110 Å². The molecular weight excluding hydrogens is 251 g/mol. The second-order valence-corrected chi connectivity index (χ2v) is 4.47. The lowest BCUT2D eigenvalue weighted by atomic mass is 10.1. The van der Waals surface area contributed by atoms with E-state index in [9.17, 15) is 13.2 Å². The molecule has 0 saturated carbocycles. The smallest absolute Gasteiger partial charge is 0.164 e. The number of halogens is 3. The molecule has 100 valence electrons. The van der Waals surface area contributed by atoms with Gasteiger partial charge in [0.2, 0.25) is 0 Å². The number of benzene rings is 2. The quantitative estimate of drug-likeness (QED) is 0.856. The van der Waals surface area contributed by atoms with E-state index in [1.54, 1.807) is 26.0 Å². The summed E-state index contributed by atoms with van der Waals surface area (Å²) in [5.41, 5.74) is 1.27. The van der Waals surface area contributed by atoms with Gasteiger partial charge in [0, 0.05) is 11.3 Å². The molecule has 4 heteroatoms. The summed E-state index contributed by atoms with van der Waals surface area (Å²) < 4.78 is 40.1. The van der Waals surface area contributed by atoms with Crippen LogP contribution in [0, 0.1) is 24.4 Å². The van der Waals surface area contributed by atoms with E-state index in [2.05, 4.69) is 5.32 Å². The summed E-state index contributed by atoms with van der Waals surface area (Å²) >= 11 is 0. The second-order valence-electron chi connectivity index (χ2n) is 4.47. The van der Waals surface area contributed by atoms with Gasteiger partial charge in [-0.3, -0.25) is 0 Å². The zero-order chi connectivity index (χ0) is 14.0. The fourth-order valence-corrected chi connectivity index (χ4v) is 1.87. The maximum Gasteiger partial charge on any atom is 0.164 e. The molecule has 0 spiro atoms. The average Bonchev–Trinajstić information content (AvgIpc) is 2.37. The SMILES string of the molecule is Cc1ccc(NC(C)c2cccc(F)c2F)cc1F. The van der Waals surface area contributed by atoms with Crippen molar-refractivity contribution in [3.63, 3.8) is 0 Å². The maximum atomic E-state index is 13.6. The van der Waals surface area contributed by atoms with Gasteiger partial charge in [-0.2, -0.15) is 0 Å². The van der Waals surface area contributed by atoms with E-state index in [1.165, 1.54) is 18.2 Å². The molecule has 0 fully saturated rings. The van der Waals surface area contributed by atoms with E-state index < -0.39 is 17.7 Å². The van der Waals surface area contributed by atoms with Crippen molar-refractivity contribution in [2.75, 3.05) is 5.32 Å². The van der Waals surface area contributed by atoms with Crippen LogP contribution in [-0.2, 0) is 0 Å². The van der Waals surface area contributed by atoms with Gasteiger partial charge in [0.05, 0.1) is 6.04 Å². The molecule has 0 amide bonds. The molecule has 2 aromatic rings. The summed E-state index contributed by atoms with van der Waals surface area (Å²) in [5, 5.41) is 2.95. The molecule has 0 heterocycles. The van der Waals surface area contributed by atoms with Gasteiger partial charge in [-0.1, -0.05) is 18.2 Å². The van der Waals surface area contributed by atoms with Gasteiger partial charge < -0.3 is 5.32 Å². The Morgan fingerprint density at radius 1 is 1.00 bits per heavy atom. The summed E-state index contributed by atoms with van der Waals surface area (Å²) in [5.74, 6) is -2.10. The van der Waals surface area contributed by atoms with Crippen molar-refractivity contribution in [2.45, 2.75) is 19.9 Å². The minimum Gasteiger partial charge on any atom is -0.378 e. The molecule has 0 aliphatic carbocycles. The first kappa shape index (κ1) is 13.5. The molecule has 2 rings (SSSR count). The molecule has 0 radical (unpaired) electrons. The fraction of sp³-hybridized carbons (Fsp3) is 0.200. The lowest BCUT2D eigenvalue weighted by molar-refractivity contribution is 0.494. The largest absolute Gasteiger partial charge is 0.378 e. The second kappa shape index (κ2) is 5.34. The maximum absolute atomic E-state index is 13.6. The minimum atomic E-state index is -0.888. The number of hydrogen-bond donors (Lipinski definition) is 1. The first-order valence-electron chi connectivity index (χ1n) is 5.95. The van der Waals surface area contributed by atoms with Crippen molar-refractivity contribution in [3.8, 4) is 0 Å². The van der Waals surface area contributed by atoms with Crippen LogP contribution in [0.15, 0.2) is 36.4 Å². The van der Waals surface area contributed by atoms with E-state index in [1.807, 2.05) is 0 Å². The predicted octanol–water partition coefficient (Wildman–Crippen LogP) is 4.59. The van der Waals surface area contributed by atoms with E-state index in [0.29, 0.717) is 11.3 Å². The third kappa shape index (κ3) is 2.89.